The van der Waals surface area contributed by atoms with Crippen LogP contribution in [0.2, 0.25) is 0 Å². The Hall–Kier alpha value is -1.69. The number of hydrogen-bond donors (Lipinski definition) is 0. The van der Waals surface area contributed by atoms with Crippen molar-refractivity contribution in [1.82, 2.24) is 15.1 Å². The van der Waals surface area contributed by atoms with Crippen LogP contribution in [-0.4, -0.2) is 47.6 Å². The molecule has 1 aliphatic carbocycles. The van der Waals surface area contributed by atoms with Gasteiger partial charge in [0.2, 0.25) is 0 Å². The lowest BCUT2D eigenvalue weighted by molar-refractivity contribution is 0.0952. The molecule has 2 aromatic rings. The standard InChI is InChI=1S/C24H33N3O2.2ClH/c1-4-5-11-22-21(16-23(26-25-22)24(28)17-27(2)3)18-12-14-20(15-13-18)29-19-9-7-6-8-10-19;;/h12-16,19H,4-11,17H2,1-3H3;2*1H. The maximum absolute atomic E-state index is 12.5. The maximum Gasteiger partial charge on any atom is 0.196 e. The van der Waals surface area contributed by atoms with Crippen LogP contribution in [0.1, 0.15) is 68.1 Å². The van der Waals surface area contributed by atoms with E-state index in [0.717, 1.165) is 54.7 Å². The Bertz CT molecular complexity index is 807. The topological polar surface area (TPSA) is 55.3 Å². The molecule has 0 bridgehead atoms. The van der Waals surface area contributed by atoms with Crippen molar-refractivity contribution in [2.75, 3.05) is 20.6 Å². The molecule has 172 valence electrons. The summed E-state index contributed by atoms with van der Waals surface area (Å²) in [6.07, 6.45) is 9.48. The first kappa shape index (κ1) is 27.3. The molecule has 0 N–H and O–H groups in total. The summed E-state index contributed by atoms with van der Waals surface area (Å²) in [5.41, 5.74) is 3.44. The summed E-state index contributed by atoms with van der Waals surface area (Å²) in [6.45, 7) is 2.50. The molecule has 31 heavy (non-hydrogen) atoms. The second kappa shape index (κ2) is 13.7. The second-order valence-electron chi connectivity index (χ2n) is 8.26. The number of aryl methyl sites for hydroxylation is 1. The highest BCUT2D eigenvalue weighted by Gasteiger charge is 2.17. The quantitative estimate of drug-likeness (QED) is 0.437. The average Bonchev–Trinajstić information content (AvgIpc) is 2.73. The van der Waals surface area contributed by atoms with Crippen LogP contribution in [0.3, 0.4) is 0 Å². The molecule has 0 spiro atoms. The Morgan fingerprint density at radius 1 is 1.06 bits per heavy atom. The van der Waals surface area contributed by atoms with E-state index in [2.05, 4.69) is 29.3 Å². The number of aromatic nitrogens is 2. The molecule has 1 aromatic carbocycles. The number of rotatable bonds is 9. The lowest BCUT2D eigenvalue weighted by Crippen LogP contribution is -2.23. The SMILES string of the molecule is CCCCc1nnc(C(=O)CN(C)C)cc1-c1ccc(OC2CCCCC2)cc1.Cl.Cl. The van der Waals surface area contributed by atoms with Crippen molar-refractivity contribution in [3.8, 4) is 16.9 Å². The van der Waals surface area contributed by atoms with Crippen LogP contribution >= 0.6 is 24.8 Å². The minimum Gasteiger partial charge on any atom is -0.490 e. The van der Waals surface area contributed by atoms with E-state index in [1.807, 2.05) is 37.2 Å². The van der Waals surface area contributed by atoms with Gasteiger partial charge in [-0.1, -0.05) is 31.9 Å². The van der Waals surface area contributed by atoms with E-state index in [4.69, 9.17) is 4.74 Å². The minimum atomic E-state index is -0.0111. The van der Waals surface area contributed by atoms with E-state index in [0.29, 0.717) is 18.3 Å². The second-order valence-corrected chi connectivity index (χ2v) is 8.26. The van der Waals surface area contributed by atoms with E-state index >= 15 is 0 Å². The highest BCUT2D eigenvalue weighted by Crippen LogP contribution is 2.28. The largest absolute Gasteiger partial charge is 0.490 e. The Labute approximate surface area is 198 Å². The van der Waals surface area contributed by atoms with Crippen LogP contribution in [0.4, 0.5) is 0 Å². The number of carbonyl (C=O) groups excluding carboxylic acids is 1. The van der Waals surface area contributed by atoms with Crippen molar-refractivity contribution in [2.24, 2.45) is 0 Å². The van der Waals surface area contributed by atoms with Gasteiger partial charge >= 0.3 is 0 Å². The fraction of sp³-hybridized carbons (Fsp3) is 0.542. The molecule has 1 fully saturated rings. The van der Waals surface area contributed by atoms with Gasteiger partial charge in [-0.15, -0.1) is 29.9 Å². The monoisotopic (exact) mass is 467 g/mol. The third-order valence-corrected chi connectivity index (χ3v) is 5.40. The number of nitrogens with zero attached hydrogens (tertiary/aromatic N) is 3. The normalized spacial score (nSPS) is 13.9. The van der Waals surface area contributed by atoms with E-state index in [9.17, 15) is 4.79 Å². The third kappa shape index (κ3) is 8.06. The number of hydrogen-bond acceptors (Lipinski definition) is 5. The zero-order chi connectivity index (χ0) is 20.6. The molecule has 1 heterocycles. The van der Waals surface area contributed by atoms with Crippen LogP contribution < -0.4 is 4.74 Å². The lowest BCUT2D eigenvalue weighted by Gasteiger charge is -2.23. The summed E-state index contributed by atoms with van der Waals surface area (Å²) in [7, 11) is 3.76. The van der Waals surface area contributed by atoms with Gasteiger partial charge < -0.3 is 9.64 Å². The molecule has 0 aliphatic heterocycles. The van der Waals surface area contributed by atoms with Gasteiger partial charge in [-0.2, -0.15) is 5.10 Å². The van der Waals surface area contributed by atoms with Crippen LogP contribution in [0.5, 0.6) is 5.75 Å². The van der Waals surface area contributed by atoms with Crippen molar-refractivity contribution in [2.45, 2.75) is 64.4 Å². The van der Waals surface area contributed by atoms with Gasteiger partial charge in [-0.3, -0.25) is 4.79 Å². The fourth-order valence-electron chi connectivity index (χ4n) is 3.79. The molecule has 0 atom stereocenters. The zero-order valence-electron chi connectivity index (χ0n) is 18.8. The first-order chi connectivity index (χ1) is 14.1. The summed E-state index contributed by atoms with van der Waals surface area (Å²) in [5.74, 6) is 0.907. The Kier molecular flexibility index (Phi) is 12.1. The molecule has 1 saturated carbocycles. The summed E-state index contributed by atoms with van der Waals surface area (Å²) in [6, 6.07) is 10.1. The number of likely N-dealkylation sites (N-methyl/N-ethyl adjacent to an activating group) is 1. The Morgan fingerprint density at radius 2 is 1.74 bits per heavy atom. The van der Waals surface area contributed by atoms with Gasteiger partial charge in [-0.05, 0) is 76.4 Å². The van der Waals surface area contributed by atoms with Crippen LogP contribution in [0, 0.1) is 0 Å². The molecule has 7 heteroatoms. The van der Waals surface area contributed by atoms with E-state index < -0.39 is 0 Å². The van der Waals surface area contributed by atoms with Crippen molar-refractivity contribution in [3.63, 3.8) is 0 Å². The molecule has 1 aromatic heterocycles. The van der Waals surface area contributed by atoms with Crippen LogP contribution in [-0.2, 0) is 6.42 Å². The number of carbonyl (C=O) groups is 1. The number of benzene rings is 1. The zero-order valence-corrected chi connectivity index (χ0v) is 20.4. The number of halogens is 2. The van der Waals surface area contributed by atoms with Gasteiger partial charge in [0.05, 0.1) is 18.3 Å². The summed E-state index contributed by atoms with van der Waals surface area (Å²) < 4.78 is 6.16. The molecule has 5 nitrogen and oxygen atoms in total. The number of ketones is 1. The number of ether oxygens (including phenoxy) is 1. The predicted molar refractivity (Wildman–Crippen MR) is 131 cm³/mol. The third-order valence-electron chi connectivity index (χ3n) is 5.40. The van der Waals surface area contributed by atoms with Gasteiger partial charge in [0.1, 0.15) is 11.4 Å². The smallest absolute Gasteiger partial charge is 0.196 e. The number of unbranched alkanes of at least 4 members (excludes halogenated alkanes) is 1. The van der Waals surface area contributed by atoms with Crippen molar-refractivity contribution < 1.29 is 9.53 Å². The first-order valence-corrected chi connectivity index (χ1v) is 10.9. The molecule has 3 rings (SSSR count). The minimum absolute atomic E-state index is 0. The highest BCUT2D eigenvalue weighted by atomic mass is 35.5. The van der Waals surface area contributed by atoms with Crippen molar-refractivity contribution in [1.29, 1.82) is 0 Å². The van der Waals surface area contributed by atoms with Crippen LogP contribution in [0.25, 0.3) is 11.1 Å². The average molecular weight is 468 g/mol. The summed E-state index contributed by atoms with van der Waals surface area (Å²) in [5, 5.41) is 8.63. The molecule has 0 amide bonds. The molecule has 0 saturated heterocycles. The summed E-state index contributed by atoms with van der Waals surface area (Å²) in [4.78, 5) is 14.3. The molecular formula is C24H35Cl2N3O2. The Balaban J connectivity index is 0.00000240. The van der Waals surface area contributed by atoms with Gasteiger partial charge in [0.25, 0.3) is 0 Å². The molecule has 0 radical (unpaired) electrons. The number of Topliss-reactive ketones (excluding diaryl/α,β-unsaturated/α-hetero) is 1. The van der Waals surface area contributed by atoms with Crippen molar-refractivity contribution >= 4 is 30.6 Å². The van der Waals surface area contributed by atoms with E-state index in [1.165, 1.54) is 19.3 Å². The highest BCUT2D eigenvalue weighted by molar-refractivity contribution is 5.96. The van der Waals surface area contributed by atoms with E-state index in [-0.39, 0.29) is 30.6 Å². The first-order valence-electron chi connectivity index (χ1n) is 10.9. The molecular weight excluding hydrogens is 433 g/mol. The summed E-state index contributed by atoms with van der Waals surface area (Å²) >= 11 is 0. The van der Waals surface area contributed by atoms with E-state index in [1.54, 1.807) is 0 Å². The maximum atomic E-state index is 12.5. The molecule has 0 unspecified atom stereocenters. The van der Waals surface area contributed by atoms with Gasteiger partial charge in [0, 0.05) is 5.56 Å². The Morgan fingerprint density at radius 3 is 2.35 bits per heavy atom. The lowest BCUT2D eigenvalue weighted by atomic mass is 9.97. The van der Waals surface area contributed by atoms with Gasteiger partial charge in [-0.25, -0.2) is 0 Å². The van der Waals surface area contributed by atoms with Crippen molar-refractivity contribution in [3.05, 3.63) is 41.7 Å². The fourth-order valence-corrected chi connectivity index (χ4v) is 3.79. The van der Waals surface area contributed by atoms with Crippen LogP contribution in [0.15, 0.2) is 30.3 Å². The van der Waals surface area contributed by atoms with Gasteiger partial charge in [0.15, 0.2) is 5.78 Å². The predicted octanol–water partition coefficient (Wildman–Crippen LogP) is 5.79. The molecule has 1 aliphatic rings.